The molecule has 0 aromatic carbocycles. The van der Waals surface area contributed by atoms with Gasteiger partial charge in [0.05, 0.1) is 11.9 Å². The predicted molar refractivity (Wildman–Crippen MR) is 49.1 cm³/mol. The van der Waals surface area contributed by atoms with E-state index in [0.717, 1.165) is 11.1 Å². The summed E-state index contributed by atoms with van der Waals surface area (Å²) >= 11 is 0. The van der Waals surface area contributed by atoms with Crippen LogP contribution >= 0.6 is 0 Å². The molecule has 0 unspecified atom stereocenters. The van der Waals surface area contributed by atoms with E-state index < -0.39 is 0 Å². The van der Waals surface area contributed by atoms with Gasteiger partial charge < -0.3 is 5.11 Å². The fourth-order valence-corrected chi connectivity index (χ4v) is 1.23. The monoisotopic (exact) mass is 173 g/mol. The molecule has 1 radical (unpaired) electrons. The molecule has 1 N–H and O–H groups in total. The van der Waals surface area contributed by atoms with Gasteiger partial charge in [-0.05, 0) is 19.1 Å². The van der Waals surface area contributed by atoms with Crippen molar-refractivity contribution in [1.82, 2.24) is 0 Å². The molecule has 0 saturated carbocycles. The molecule has 0 saturated heterocycles. The molecule has 1 aliphatic carbocycles. The summed E-state index contributed by atoms with van der Waals surface area (Å²) in [6, 6.07) is 0. The minimum Gasteiger partial charge on any atom is -0.377 e. The Morgan fingerprint density at radius 2 is 2.08 bits per heavy atom. The van der Waals surface area contributed by atoms with Crippen LogP contribution in [0.4, 0.5) is 0 Å². The number of aliphatic hydroxyl groups excluding tert-OH is 1. The third-order valence-corrected chi connectivity index (χ3v) is 1.89. The molecule has 0 fully saturated rings. The van der Waals surface area contributed by atoms with Crippen molar-refractivity contribution in [3.8, 4) is 0 Å². The van der Waals surface area contributed by atoms with Crippen molar-refractivity contribution < 1.29 is 5.11 Å². The zero-order valence-electron chi connectivity index (χ0n) is 7.23. The van der Waals surface area contributed by atoms with Crippen molar-refractivity contribution in [3.05, 3.63) is 53.5 Å². The molecule has 0 bridgehead atoms. The van der Waals surface area contributed by atoms with Gasteiger partial charge >= 0.3 is 0 Å². The molecule has 0 aromatic heterocycles. The Labute approximate surface area is 76.5 Å². The first kappa shape index (κ1) is 8.13. The van der Waals surface area contributed by atoms with Gasteiger partial charge in [0, 0.05) is 5.57 Å². The van der Waals surface area contributed by atoms with Gasteiger partial charge in [0.2, 0.25) is 0 Å². The van der Waals surface area contributed by atoms with E-state index >= 15 is 0 Å². The van der Waals surface area contributed by atoms with Crippen molar-refractivity contribution in [2.75, 3.05) is 0 Å². The lowest BCUT2D eigenvalue weighted by Crippen LogP contribution is -2.01. The van der Waals surface area contributed by atoms with Crippen LogP contribution in [0, 0.1) is 6.10 Å². The normalized spacial score (nSPS) is 27.1. The van der Waals surface area contributed by atoms with E-state index in [1.54, 1.807) is 18.4 Å². The first-order chi connectivity index (χ1) is 6.27. The van der Waals surface area contributed by atoms with Crippen LogP contribution in [0.1, 0.15) is 6.92 Å². The molecule has 0 amide bonds. The van der Waals surface area contributed by atoms with Gasteiger partial charge in [0.25, 0.3) is 0 Å². The Bertz CT molecular complexity index is 358. The van der Waals surface area contributed by atoms with Gasteiger partial charge in [-0.25, -0.2) is 0 Å². The van der Waals surface area contributed by atoms with E-state index in [0.29, 0.717) is 5.70 Å². The summed E-state index contributed by atoms with van der Waals surface area (Å²) in [6.07, 6.45) is 9.03. The maximum Gasteiger partial charge on any atom is 0.147 e. The number of allylic oxidation sites excluding steroid dienone is 3. The van der Waals surface area contributed by atoms with Gasteiger partial charge in [-0.3, -0.25) is 0 Å². The molecule has 2 aliphatic rings. The molecule has 0 aromatic rings. The topological polar surface area (TPSA) is 45.0 Å². The van der Waals surface area contributed by atoms with Crippen molar-refractivity contribution in [1.29, 1.82) is 0 Å². The highest BCUT2D eigenvalue weighted by molar-refractivity contribution is 5.51. The van der Waals surface area contributed by atoms with E-state index in [9.17, 15) is 5.11 Å². The smallest absolute Gasteiger partial charge is 0.147 e. The summed E-state index contributed by atoms with van der Waals surface area (Å²) in [5.41, 5.74) is 2.54. The summed E-state index contributed by atoms with van der Waals surface area (Å²) in [5, 5.41) is 17.1. The minimum atomic E-state index is 0.242. The molecule has 1 heterocycles. The van der Waals surface area contributed by atoms with Crippen molar-refractivity contribution in [2.24, 2.45) is 10.2 Å². The van der Waals surface area contributed by atoms with Crippen LogP contribution in [-0.2, 0) is 0 Å². The van der Waals surface area contributed by atoms with Crippen molar-refractivity contribution >= 4 is 0 Å². The molecule has 13 heavy (non-hydrogen) atoms. The predicted octanol–water partition coefficient (Wildman–Crippen LogP) is 2.64. The second-order valence-electron chi connectivity index (χ2n) is 2.94. The Balaban J connectivity index is 2.44. The average molecular weight is 173 g/mol. The summed E-state index contributed by atoms with van der Waals surface area (Å²) in [4.78, 5) is 0. The van der Waals surface area contributed by atoms with E-state index in [1.165, 1.54) is 0 Å². The molecular formula is C10H9N2O. The molecule has 65 valence electrons. The van der Waals surface area contributed by atoms with Gasteiger partial charge in [0.15, 0.2) is 0 Å². The Kier molecular flexibility index (Phi) is 1.94. The Hall–Kier alpha value is -1.48. The largest absolute Gasteiger partial charge is 0.377 e. The van der Waals surface area contributed by atoms with Crippen LogP contribution in [0.15, 0.2) is 57.6 Å². The molecule has 2 rings (SSSR count). The fraction of sp³-hybridized carbons (Fsp3) is 0.100. The highest BCUT2D eigenvalue weighted by atomic mass is 16.3. The number of hydrogen-bond donors (Lipinski definition) is 1. The number of hydrogen-bond acceptors (Lipinski definition) is 3. The molecule has 1 aliphatic heterocycles. The van der Waals surface area contributed by atoms with Gasteiger partial charge in [0.1, 0.15) is 6.10 Å². The average Bonchev–Trinajstić information content (AvgIpc) is 2.61. The lowest BCUT2D eigenvalue weighted by molar-refractivity contribution is 0.360. The molecule has 3 nitrogen and oxygen atoms in total. The third-order valence-electron chi connectivity index (χ3n) is 1.89. The van der Waals surface area contributed by atoms with Crippen molar-refractivity contribution in [2.45, 2.75) is 6.92 Å². The molecule has 3 heteroatoms. The van der Waals surface area contributed by atoms with Crippen LogP contribution in [0.25, 0.3) is 0 Å². The highest BCUT2D eigenvalue weighted by Crippen LogP contribution is 2.27. The maximum atomic E-state index is 9.54. The third kappa shape index (κ3) is 1.51. The van der Waals surface area contributed by atoms with Crippen molar-refractivity contribution in [3.63, 3.8) is 0 Å². The first-order valence-electron chi connectivity index (χ1n) is 4.02. The van der Waals surface area contributed by atoms with Gasteiger partial charge in [-0.2, -0.15) is 10.2 Å². The van der Waals surface area contributed by atoms with Crippen LogP contribution in [-0.4, -0.2) is 5.11 Å². The summed E-state index contributed by atoms with van der Waals surface area (Å²) in [5.74, 6) is 0. The zero-order chi connectivity index (χ0) is 9.26. The lowest BCUT2D eigenvalue weighted by Gasteiger charge is -2.12. The maximum absolute atomic E-state index is 9.54. The van der Waals surface area contributed by atoms with E-state index in [1.807, 2.05) is 19.1 Å². The van der Waals surface area contributed by atoms with E-state index in [-0.39, 0.29) is 6.10 Å². The minimum absolute atomic E-state index is 0.242. The SMILES string of the molecule is CC1=CC(=C2C=CN=N2)[C](O)C=C1. The summed E-state index contributed by atoms with van der Waals surface area (Å²) < 4.78 is 0. The van der Waals surface area contributed by atoms with Crippen LogP contribution in [0.2, 0.25) is 0 Å². The lowest BCUT2D eigenvalue weighted by atomic mass is 9.98. The quantitative estimate of drug-likeness (QED) is 0.601. The highest BCUT2D eigenvalue weighted by Gasteiger charge is 2.15. The first-order valence-corrected chi connectivity index (χ1v) is 4.02. The molecule has 0 spiro atoms. The number of aliphatic hydroxyl groups is 1. The fourth-order valence-electron chi connectivity index (χ4n) is 1.23. The Morgan fingerprint density at radius 3 is 2.77 bits per heavy atom. The molecular weight excluding hydrogens is 164 g/mol. The second kappa shape index (κ2) is 3.11. The van der Waals surface area contributed by atoms with Crippen LogP contribution in [0.5, 0.6) is 0 Å². The summed E-state index contributed by atoms with van der Waals surface area (Å²) in [6.45, 7) is 1.97. The second-order valence-corrected chi connectivity index (χ2v) is 2.94. The van der Waals surface area contributed by atoms with E-state index in [2.05, 4.69) is 10.2 Å². The zero-order valence-corrected chi connectivity index (χ0v) is 7.23. The molecule has 0 atom stereocenters. The van der Waals surface area contributed by atoms with Crippen LogP contribution < -0.4 is 0 Å². The van der Waals surface area contributed by atoms with E-state index in [4.69, 9.17) is 0 Å². The van der Waals surface area contributed by atoms with Crippen LogP contribution in [0.3, 0.4) is 0 Å². The standard InChI is InChI=1S/C10H9N2O/c1-7-2-3-10(13)8(6-7)9-4-5-11-12-9/h2-6,13H,1H3. The summed E-state index contributed by atoms with van der Waals surface area (Å²) in [7, 11) is 0. The number of rotatable bonds is 0. The Morgan fingerprint density at radius 1 is 1.23 bits per heavy atom. The van der Waals surface area contributed by atoms with Gasteiger partial charge in [-0.1, -0.05) is 17.7 Å². The number of azo groups is 1. The number of nitrogens with zero attached hydrogens (tertiary/aromatic N) is 2. The van der Waals surface area contributed by atoms with Gasteiger partial charge in [-0.15, -0.1) is 0 Å².